The van der Waals surface area contributed by atoms with Crippen molar-refractivity contribution in [3.8, 4) is 0 Å². The molecule has 4 nitrogen and oxygen atoms in total. The van der Waals surface area contributed by atoms with E-state index < -0.39 is 0 Å². The van der Waals surface area contributed by atoms with E-state index in [2.05, 4.69) is 27.0 Å². The van der Waals surface area contributed by atoms with Crippen LogP contribution in [-0.4, -0.2) is 49.6 Å². The van der Waals surface area contributed by atoms with Crippen LogP contribution in [0.2, 0.25) is 0 Å². The topological polar surface area (TPSA) is 44.4 Å². The minimum Gasteiger partial charge on any atom is -0.354 e. The molecule has 2 heterocycles. The highest BCUT2D eigenvalue weighted by Crippen LogP contribution is 2.08. The van der Waals surface area contributed by atoms with Crippen molar-refractivity contribution in [1.29, 1.82) is 0 Å². The monoisotopic (exact) mass is 339 g/mol. The summed E-state index contributed by atoms with van der Waals surface area (Å²) in [6, 6.07) is 4.14. The molecule has 2 N–H and O–H groups in total. The minimum absolute atomic E-state index is 0. The third-order valence-electron chi connectivity index (χ3n) is 3.33. The molecule has 1 aliphatic heterocycles. The number of halogens is 2. The first-order chi connectivity index (χ1) is 8.77. The fourth-order valence-corrected chi connectivity index (χ4v) is 2.86. The van der Waals surface area contributed by atoms with Gasteiger partial charge in [-0.1, -0.05) is 6.07 Å². The number of hydrogen-bond donors (Lipinski definition) is 2. The Bertz CT molecular complexity index is 370. The van der Waals surface area contributed by atoms with Gasteiger partial charge in [-0.2, -0.15) is 0 Å². The van der Waals surface area contributed by atoms with Crippen LogP contribution in [0.5, 0.6) is 0 Å². The Kier molecular flexibility index (Phi) is 10.2. The third kappa shape index (κ3) is 5.97. The summed E-state index contributed by atoms with van der Waals surface area (Å²) in [5.41, 5.74) is 0. The first kappa shape index (κ1) is 19.7. The van der Waals surface area contributed by atoms with Crippen LogP contribution in [0.1, 0.15) is 11.8 Å². The van der Waals surface area contributed by atoms with E-state index in [0.29, 0.717) is 0 Å². The summed E-state index contributed by atoms with van der Waals surface area (Å²) in [6.07, 6.45) is 0.928. The molecule has 2 rings (SSSR count). The molecule has 1 saturated heterocycles. The van der Waals surface area contributed by atoms with Crippen molar-refractivity contribution in [3.63, 3.8) is 0 Å². The van der Waals surface area contributed by atoms with Gasteiger partial charge in [0, 0.05) is 37.6 Å². The number of nitrogens with one attached hydrogen (secondary N) is 2. The van der Waals surface area contributed by atoms with E-state index in [1.54, 1.807) is 11.3 Å². The summed E-state index contributed by atoms with van der Waals surface area (Å²) in [5.74, 6) is 0.147. The fraction of sp³-hybridized carbons (Fsp3) is 0.615. The number of hydrogen-bond acceptors (Lipinski definition) is 4. The average Bonchev–Trinajstić information content (AvgIpc) is 2.92. The Morgan fingerprint density at radius 1 is 1.45 bits per heavy atom. The molecule has 0 radical (unpaired) electrons. The van der Waals surface area contributed by atoms with Gasteiger partial charge in [0.25, 0.3) is 0 Å². The van der Waals surface area contributed by atoms with Gasteiger partial charge >= 0.3 is 0 Å². The van der Waals surface area contributed by atoms with Gasteiger partial charge in [0.1, 0.15) is 0 Å². The molecule has 1 atom stereocenters. The lowest BCUT2D eigenvalue weighted by molar-refractivity contribution is -0.126. The Morgan fingerprint density at radius 2 is 2.15 bits per heavy atom. The molecule has 0 spiro atoms. The van der Waals surface area contributed by atoms with E-state index in [4.69, 9.17) is 0 Å². The molecule has 0 aliphatic carbocycles. The molecule has 7 heteroatoms. The summed E-state index contributed by atoms with van der Waals surface area (Å²) >= 11 is 1.74. The van der Waals surface area contributed by atoms with E-state index in [1.165, 1.54) is 4.88 Å². The van der Waals surface area contributed by atoms with E-state index in [0.717, 1.165) is 39.1 Å². The van der Waals surface area contributed by atoms with Crippen LogP contribution in [0, 0.1) is 0 Å². The van der Waals surface area contributed by atoms with Crippen LogP contribution < -0.4 is 10.6 Å². The summed E-state index contributed by atoms with van der Waals surface area (Å²) in [4.78, 5) is 15.6. The van der Waals surface area contributed by atoms with Crippen molar-refractivity contribution in [2.24, 2.45) is 0 Å². The Balaban J connectivity index is 0.00000180. The van der Waals surface area contributed by atoms with Gasteiger partial charge in [-0.3, -0.25) is 9.69 Å². The summed E-state index contributed by atoms with van der Waals surface area (Å²) in [5, 5.41) is 8.39. The molecule has 0 aromatic carbocycles. The zero-order valence-corrected chi connectivity index (χ0v) is 14.1. The maximum atomic E-state index is 12.0. The van der Waals surface area contributed by atoms with Gasteiger partial charge in [0.2, 0.25) is 5.91 Å². The van der Waals surface area contributed by atoms with Crippen LogP contribution in [0.3, 0.4) is 0 Å². The predicted molar refractivity (Wildman–Crippen MR) is 89.4 cm³/mol. The second-order valence-corrected chi connectivity index (χ2v) is 5.61. The minimum atomic E-state index is -0.0181. The van der Waals surface area contributed by atoms with E-state index in [9.17, 15) is 4.79 Å². The molecule has 20 heavy (non-hydrogen) atoms. The number of piperazine rings is 1. The molecule has 1 fully saturated rings. The van der Waals surface area contributed by atoms with Crippen molar-refractivity contribution in [3.05, 3.63) is 22.4 Å². The summed E-state index contributed by atoms with van der Waals surface area (Å²) in [6.45, 7) is 6.60. The molecular weight excluding hydrogens is 317 g/mol. The maximum Gasteiger partial charge on any atom is 0.237 e. The van der Waals surface area contributed by atoms with Crippen LogP contribution >= 0.6 is 36.2 Å². The number of amides is 1. The fourth-order valence-electron chi connectivity index (χ4n) is 2.15. The summed E-state index contributed by atoms with van der Waals surface area (Å²) < 4.78 is 0. The average molecular weight is 340 g/mol. The molecule has 1 aliphatic rings. The van der Waals surface area contributed by atoms with Gasteiger partial charge in [0.05, 0.1) is 6.04 Å². The Hall–Kier alpha value is -0.330. The first-order valence-electron chi connectivity index (χ1n) is 6.52. The van der Waals surface area contributed by atoms with Crippen LogP contribution in [-0.2, 0) is 11.2 Å². The van der Waals surface area contributed by atoms with Gasteiger partial charge in [-0.05, 0) is 24.8 Å². The van der Waals surface area contributed by atoms with Crippen LogP contribution in [0.15, 0.2) is 17.5 Å². The first-order valence-corrected chi connectivity index (χ1v) is 7.40. The van der Waals surface area contributed by atoms with Crippen molar-refractivity contribution >= 4 is 42.1 Å². The lowest BCUT2D eigenvalue weighted by atomic mass is 10.2. The molecule has 1 aromatic heterocycles. The second kappa shape index (κ2) is 10.4. The maximum absolute atomic E-state index is 12.0. The standard InChI is InChI=1S/C13H21N3OS.2ClH/c1-11(16-8-6-14-7-9-16)13(17)15-5-4-12-3-2-10-18-12;;/h2-3,10-11,14H,4-9H2,1H3,(H,15,17);2*1H. The smallest absolute Gasteiger partial charge is 0.237 e. The quantitative estimate of drug-likeness (QED) is 0.855. The van der Waals surface area contributed by atoms with Crippen molar-refractivity contribution in [1.82, 2.24) is 15.5 Å². The number of carbonyl (C=O) groups excluding carboxylic acids is 1. The van der Waals surface area contributed by atoms with Gasteiger partial charge in [-0.15, -0.1) is 36.2 Å². The highest BCUT2D eigenvalue weighted by molar-refractivity contribution is 7.09. The third-order valence-corrected chi connectivity index (χ3v) is 4.27. The van der Waals surface area contributed by atoms with Crippen molar-refractivity contribution in [2.75, 3.05) is 32.7 Å². The van der Waals surface area contributed by atoms with Crippen molar-refractivity contribution in [2.45, 2.75) is 19.4 Å². The Morgan fingerprint density at radius 3 is 2.75 bits per heavy atom. The predicted octanol–water partition coefficient (Wildman–Crippen LogP) is 1.54. The highest BCUT2D eigenvalue weighted by Gasteiger charge is 2.21. The molecule has 0 bridgehead atoms. The SMILES string of the molecule is CC(C(=O)NCCc1cccs1)N1CCNCC1.Cl.Cl. The largest absolute Gasteiger partial charge is 0.354 e. The van der Waals surface area contributed by atoms with E-state index in [1.807, 2.05) is 13.0 Å². The lowest BCUT2D eigenvalue weighted by Gasteiger charge is -2.31. The number of thiophene rings is 1. The lowest BCUT2D eigenvalue weighted by Crippen LogP contribution is -2.52. The van der Waals surface area contributed by atoms with Gasteiger partial charge < -0.3 is 10.6 Å². The zero-order chi connectivity index (χ0) is 12.8. The van der Waals surface area contributed by atoms with Crippen molar-refractivity contribution < 1.29 is 4.79 Å². The molecular formula is C13H23Cl2N3OS. The van der Waals surface area contributed by atoms with Crippen LogP contribution in [0.25, 0.3) is 0 Å². The molecule has 0 saturated carbocycles. The molecule has 1 amide bonds. The van der Waals surface area contributed by atoms with E-state index in [-0.39, 0.29) is 36.8 Å². The Labute approximate surface area is 137 Å². The molecule has 116 valence electrons. The summed E-state index contributed by atoms with van der Waals surface area (Å²) in [7, 11) is 0. The molecule has 1 aromatic rings. The number of carbonyl (C=O) groups is 1. The van der Waals surface area contributed by atoms with Gasteiger partial charge in [0.15, 0.2) is 0 Å². The van der Waals surface area contributed by atoms with E-state index >= 15 is 0 Å². The van der Waals surface area contributed by atoms with Gasteiger partial charge in [-0.25, -0.2) is 0 Å². The number of nitrogens with zero attached hydrogens (tertiary/aromatic N) is 1. The number of rotatable bonds is 5. The highest BCUT2D eigenvalue weighted by atomic mass is 35.5. The molecule has 1 unspecified atom stereocenters. The zero-order valence-electron chi connectivity index (χ0n) is 11.6. The van der Waals surface area contributed by atoms with Crippen LogP contribution in [0.4, 0.5) is 0 Å². The second-order valence-electron chi connectivity index (χ2n) is 4.58. The normalized spacial score (nSPS) is 16.6.